The van der Waals surface area contributed by atoms with Gasteiger partial charge in [-0.2, -0.15) is 5.10 Å². The predicted molar refractivity (Wildman–Crippen MR) is 116 cm³/mol. The van der Waals surface area contributed by atoms with Gasteiger partial charge in [0.1, 0.15) is 18.0 Å². The topological polar surface area (TPSA) is 130 Å². The Kier molecular flexibility index (Phi) is 5.23. The number of ether oxygens (including phenoxy) is 1. The molecule has 0 unspecified atom stereocenters. The molecule has 0 saturated carbocycles. The lowest BCUT2D eigenvalue weighted by Crippen LogP contribution is -2.43. The number of hydrogen-bond acceptors (Lipinski definition) is 8. The average molecular weight is 433 g/mol. The number of amides is 1. The molecule has 1 aliphatic rings. The van der Waals surface area contributed by atoms with Crippen molar-refractivity contribution in [3.05, 3.63) is 47.9 Å². The van der Waals surface area contributed by atoms with Crippen LogP contribution in [0.5, 0.6) is 0 Å². The monoisotopic (exact) mass is 433 g/mol. The quantitative estimate of drug-likeness (QED) is 0.474. The maximum atomic E-state index is 11.8. The second-order valence-corrected chi connectivity index (χ2v) is 7.71. The molecule has 0 bridgehead atoms. The number of fused-ring (bicyclic) bond motifs is 1. The van der Waals surface area contributed by atoms with Crippen LogP contribution in [0.25, 0.3) is 22.3 Å². The summed E-state index contributed by atoms with van der Waals surface area (Å²) in [5.41, 5.74) is 9.89. The van der Waals surface area contributed by atoms with E-state index in [4.69, 9.17) is 10.5 Å². The van der Waals surface area contributed by atoms with Gasteiger partial charge in [-0.25, -0.2) is 14.6 Å². The van der Waals surface area contributed by atoms with Crippen LogP contribution in [-0.2, 0) is 22.6 Å². The van der Waals surface area contributed by atoms with Gasteiger partial charge < -0.3 is 15.4 Å². The van der Waals surface area contributed by atoms with Crippen LogP contribution in [-0.4, -0.2) is 71.9 Å². The van der Waals surface area contributed by atoms with Gasteiger partial charge in [-0.15, -0.1) is 5.10 Å². The molecule has 0 atom stereocenters. The molecule has 1 aromatic carbocycles. The number of carbonyl (C=O) groups is 1. The molecule has 1 saturated heterocycles. The van der Waals surface area contributed by atoms with Crippen molar-refractivity contribution < 1.29 is 9.53 Å². The summed E-state index contributed by atoms with van der Waals surface area (Å²) < 4.78 is 8.71. The molecular weight excluding hydrogens is 410 g/mol. The number of rotatable bonds is 6. The summed E-state index contributed by atoms with van der Waals surface area (Å²) in [5, 5.41) is 14.0. The van der Waals surface area contributed by atoms with E-state index in [0.717, 1.165) is 22.2 Å². The van der Waals surface area contributed by atoms with E-state index in [2.05, 4.69) is 25.4 Å². The molecule has 32 heavy (non-hydrogen) atoms. The lowest BCUT2D eigenvalue weighted by Gasteiger charge is -2.26. The van der Waals surface area contributed by atoms with Gasteiger partial charge in [0.25, 0.3) is 0 Å². The summed E-state index contributed by atoms with van der Waals surface area (Å²) in [6.45, 7) is 5.05. The van der Waals surface area contributed by atoms with E-state index < -0.39 is 0 Å². The Labute approximate surface area is 183 Å². The molecule has 0 spiro atoms. The maximum Gasteiger partial charge on any atom is 0.248 e. The highest BCUT2D eigenvalue weighted by atomic mass is 16.5. The first kappa shape index (κ1) is 20.1. The first-order valence-electron chi connectivity index (χ1n) is 10.4. The number of aromatic nitrogens is 7. The zero-order chi connectivity index (χ0) is 22.1. The number of aryl methyl sites for hydroxylation is 1. The molecule has 1 fully saturated rings. The van der Waals surface area contributed by atoms with Crippen LogP contribution in [0.2, 0.25) is 0 Å². The van der Waals surface area contributed by atoms with Gasteiger partial charge in [-0.1, -0.05) is 23.4 Å². The molecule has 4 aromatic rings. The van der Waals surface area contributed by atoms with Crippen molar-refractivity contribution in [3.8, 4) is 11.4 Å². The van der Waals surface area contributed by atoms with Crippen molar-refractivity contribution >= 4 is 22.8 Å². The van der Waals surface area contributed by atoms with E-state index in [0.29, 0.717) is 44.2 Å². The summed E-state index contributed by atoms with van der Waals surface area (Å²) in [7, 11) is 0. The van der Waals surface area contributed by atoms with E-state index in [1.807, 2.05) is 48.3 Å². The Bertz CT molecular complexity index is 1280. The van der Waals surface area contributed by atoms with Crippen molar-refractivity contribution in [1.82, 2.24) is 39.6 Å². The maximum absolute atomic E-state index is 11.8. The van der Waals surface area contributed by atoms with Crippen LogP contribution in [0.15, 0.2) is 36.7 Å². The molecule has 3 aromatic heterocycles. The van der Waals surface area contributed by atoms with Crippen LogP contribution in [0, 0.1) is 6.92 Å². The van der Waals surface area contributed by atoms with Crippen LogP contribution < -0.4 is 5.73 Å². The van der Waals surface area contributed by atoms with Gasteiger partial charge in [0.15, 0.2) is 0 Å². The standard InChI is InChI=1S/C21H23N9O2/c1-14-3-2-4-16-19(14)23-21(22)24-20(16)17-12-30(27-25-17)11-15-5-6-29(26-15)8-7-28-9-10-32-13-18(28)31/h2-6,12H,7-11,13H2,1H3,(H2,22,23,24). The minimum Gasteiger partial charge on any atom is -0.370 e. The second-order valence-electron chi connectivity index (χ2n) is 7.71. The zero-order valence-electron chi connectivity index (χ0n) is 17.7. The first-order valence-corrected chi connectivity index (χ1v) is 10.4. The van der Waals surface area contributed by atoms with Crippen molar-refractivity contribution in [1.29, 1.82) is 0 Å². The first-order chi connectivity index (χ1) is 15.6. The van der Waals surface area contributed by atoms with E-state index in [-0.39, 0.29) is 18.5 Å². The van der Waals surface area contributed by atoms with Gasteiger partial charge in [0.2, 0.25) is 11.9 Å². The third kappa shape index (κ3) is 4.02. The highest BCUT2D eigenvalue weighted by Gasteiger charge is 2.18. The number of carbonyl (C=O) groups excluding carboxylic acids is 1. The van der Waals surface area contributed by atoms with Crippen LogP contribution in [0.1, 0.15) is 11.3 Å². The number of nitrogens with two attached hydrogens (primary N) is 1. The zero-order valence-corrected chi connectivity index (χ0v) is 17.7. The Morgan fingerprint density at radius 1 is 1.16 bits per heavy atom. The third-order valence-corrected chi connectivity index (χ3v) is 5.43. The van der Waals surface area contributed by atoms with Crippen molar-refractivity contribution in [2.75, 3.05) is 32.0 Å². The number of anilines is 1. The number of nitrogens with zero attached hydrogens (tertiary/aromatic N) is 8. The number of morpholine rings is 1. The highest BCUT2D eigenvalue weighted by molar-refractivity contribution is 5.93. The van der Waals surface area contributed by atoms with Gasteiger partial charge in [0.05, 0.1) is 37.1 Å². The Balaban J connectivity index is 1.30. The van der Waals surface area contributed by atoms with E-state index >= 15 is 0 Å². The van der Waals surface area contributed by atoms with Gasteiger partial charge in [-0.05, 0) is 18.6 Å². The van der Waals surface area contributed by atoms with Crippen molar-refractivity contribution in [3.63, 3.8) is 0 Å². The van der Waals surface area contributed by atoms with Crippen LogP contribution in [0.4, 0.5) is 5.95 Å². The third-order valence-electron chi connectivity index (χ3n) is 5.43. The molecule has 11 nitrogen and oxygen atoms in total. The fraction of sp³-hybridized carbons (Fsp3) is 0.333. The summed E-state index contributed by atoms with van der Waals surface area (Å²) in [6, 6.07) is 7.84. The Hall–Kier alpha value is -3.86. The molecule has 5 rings (SSSR count). The van der Waals surface area contributed by atoms with E-state index in [9.17, 15) is 4.79 Å². The number of benzene rings is 1. The minimum absolute atomic E-state index is 0.0202. The fourth-order valence-corrected chi connectivity index (χ4v) is 3.78. The SMILES string of the molecule is Cc1cccc2c(-c3cn(Cc4ccn(CCN5CCOCC5=O)n4)nn3)nc(N)nc12. The van der Waals surface area contributed by atoms with Crippen molar-refractivity contribution in [2.24, 2.45) is 0 Å². The molecule has 11 heteroatoms. The van der Waals surface area contributed by atoms with Crippen molar-refractivity contribution in [2.45, 2.75) is 20.0 Å². The van der Waals surface area contributed by atoms with E-state index in [1.165, 1.54) is 0 Å². The molecule has 4 heterocycles. The molecule has 1 amide bonds. The minimum atomic E-state index is 0.0202. The lowest BCUT2D eigenvalue weighted by atomic mass is 10.1. The lowest BCUT2D eigenvalue weighted by molar-refractivity contribution is -0.142. The fourth-order valence-electron chi connectivity index (χ4n) is 3.78. The molecule has 2 N–H and O–H groups in total. The Morgan fingerprint density at radius 3 is 2.94 bits per heavy atom. The van der Waals surface area contributed by atoms with Crippen LogP contribution in [0.3, 0.4) is 0 Å². The highest BCUT2D eigenvalue weighted by Crippen LogP contribution is 2.26. The van der Waals surface area contributed by atoms with Gasteiger partial charge >= 0.3 is 0 Å². The predicted octanol–water partition coefficient (Wildman–Crippen LogP) is 0.883. The second kappa shape index (κ2) is 8.35. The summed E-state index contributed by atoms with van der Waals surface area (Å²) in [6.07, 6.45) is 3.73. The number of hydrogen-bond donors (Lipinski definition) is 1. The Morgan fingerprint density at radius 2 is 2.06 bits per heavy atom. The molecule has 0 radical (unpaired) electrons. The number of para-hydroxylation sites is 1. The molecule has 1 aliphatic heterocycles. The normalized spacial score (nSPS) is 14.4. The van der Waals surface area contributed by atoms with Crippen LogP contribution >= 0.6 is 0 Å². The van der Waals surface area contributed by atoms with E-state index in [1.54, 1.807) is 9.58 Å². The molecule has 164 valence electrons. The van der Waals surface area contributed by atoms with Gasteiger partial charge in [0, 0.05) is 24.7 Å². The average Bonchev–Trinajstić information content (AvgIpc) is 3.43. The molecular formula is C21H23N9O2. The smallest absolute Gasteiger partial charge is 0.248 e. The largest absolute Gasteiger partial charge is 0.370 e. The summed E-state index contributed by atoms with van der Waals surface area (Å²) >= 11 is 0. The number of nitrogen functional groups attached to an aromatic ring is 1. The van der Waals surface area contributed by atoms with Gasteiger partial charge in [-0.3, -0.25) is 9.48 Å². The summed E-state index contributed by atoms with van der Waals surface area (Å²) in [4.78, 5) is 22.4. The molecule has 0 aliphatic carbocycles. The summed E-state index contributed by atoms with van der Waals surface area (Å²) in [5.74, 6) is 0.223.